The zero-order valence-electron chi connectivity index (χ0n) is 11.0. The van der Waals surface area contributed by atoms with Crippen molar-refractivity contribution in [2.45, 2.75) is 13.0 Å². The molecule has 0 aliphatic heterocycles. The maximum Gasteiger partial charge on any atom is 0.307 e. The lowest BCUT2D eigenvalue weighted by molar-refractivity contribution is -0.141. The highest BCUT2D eigenvalue weighted by Gasteiger charge is 2.49. The Bertz CT molecular complexity index is 500. The second kappa shape index (κ2) is 5.30. The molecule has 1 fully saturated rings. The molecule has 2 atom stereocenters. The van der Waals surface area contributed by atoms with E-state index in [1.807, 2.05) is 24.3 Å². The van der Waals surface area contributed by atoms with Gasteiger partial charge in [0, 0.05) is 13.6 Å². The highest BCUT2D eigenvalue weighted by atomic mass is 16.5. The summed E-state index contributed by atoms with van der Waals surface area (Å²) in [5.74, 6) is -1.09. The third-order valence-corrected chi connectivity index (χ3v) is 3.35. The molecule has 1 aliphatic rings. The average Bonchev–Trinajstić information content (AvgIpc) is 3.18. The molecule has 0 unspecified atom stereocenters. The van der Waals surface area contributed by atoms with E-state index in [0.717, 1.165) is 11.3 Å². The van der Waals surface area contributed by atoms with Gasteiger partial charge in [0.1, 0.15) is 5.75 Å². The summed E-state index contributed by atoms with van der Waals surface area (Å²) in [5.41, 5.74) is 0.961. The molecular weight excluding hydrogens is 246 g/mol. The van der Waals surface area contributed by atoms with E-state index in [-0.39, 0.29) is 11.8 Å². The van der Waals surface area contributed by atoms with Crippen molar-refractivity contribution in [3.8, 4) is 5.75 Å². The van der Waals surface area contributed by atoms with Crippen molar-refractivity contribution < 1.29 is 19.4 Å². The molecule has 0 spiro atoms. The number of amides is 1. The predicted octanol–water partition coefficient (Wildman–Crippen LogP) is 1.37. The molecule has 1 amide bonds. The van der Waals surface area contributed by atoms with E-state index < -0.39 is 11.9 Å². The van der Waals surface area contributed by atoms with E-state index in [2.05, 4.69) is 0 Å². The average molecular weight is 263 g/mol. The van der Waals surface area contributed by atoms with Crippen molar-refractivity contribution in [1.82, 2.24) is 4.90 Å². The van der Waals surface area contributed by atoms with Crippen LogP contribution in [-0.4, -0.2) is 36.0 Å². The Hall–Kier alpha value is -2.04. The van der Waals surface area contributed by atoms with Gasteiger partial charge in [0.15, 0.2) is 0 Å². The standard InChI is InChI=1S/C14H17NO4/c1-15(13(16)11-7-12(11)14(17)18)8-9-4-3-5-10(6-9)19-2/h3-6,11-12H,7-8H2,1-2H3,(H,17,18)/t11-,12+/m1/s1. The Morgan fingerprint density at radius 3 is 2.74 bits per heavy atom. The van der Waals surface area contributed by atoms with E-state index in [4.69, 9.17) is 9.84 Å². The molecule has 102 valence electrons. The summed E-state index contributed by atoms with van der Waals surface area (Å²) in [4.78, 5) is 24.3. The number of hydrogen-bond acceptors (Lipinski definition) is 3. The van der Waals surface area contributed by atoms with Crippen molar-refractivity contribution >= 4 is 11.9 Å². The zero-order valence-corrected chi connectivity index (χ0v) is 11.0. The molecule has 0 heterocycles. The first-order chi connectivity index (χ1) is 9.02. The molecule has 1 N–H and O–H groups in total. The molecule has 0 saturated heterocycles. The number of nitrogens with zero attached hydrogens (tertiary/aromatic N) is 1. The molecule has 1 aromatic carbocycles. The summed E-state index contributed by atoms with van der Waals surface area (Å²) in [5, 5.41) is 8.83. The zero-order chi connectivity index (χ0) is 14.0. The third kappa shape index (κ3) is 3.05. The summed E-state index contributed by atoms with van der Waals surface area (Å²) < 4.78 is 5.12. The lowest BCUT2D eigenvalue weighted by Gasteiger charge is -2.17. The topological polar surface area (TPSA) is 66.8 Å². The van der Waals surface area contributed by atoms with Crippen LogP contribution in [0.15, 0.2) is 24.3 Å². The molecule has 2 rings (SSSR count). The van der Waals surface area contributed by atoms with Crippen LogP contribution in [0.2, 0.25) is 0 Å². The van der Waals surface area contributed by atoms with Gasteiger partial charge >= 0.3 is 5.97 Å². The smallest absolute Gasteiger partial charge is 0.307 e. The van der Waals surface area contributed by atoms with Gasteiger partial charge in [-0.3, -0.25) is 9.59 Å². The van der Waals surface area contributed by atoms with E-state index in [1.54, 1.807) is 19.1 Å². The Balaban J connectivity index is 1.95. The summed E-state index contributed by atoms with van der Waals surface area (Å²) in [6, 6.07) is 7.48. The van der Waals surface area contributed by atoms with Crippen molar-refractivity contribution in [2.75, 3.05) is 14.2 Å². The Morgan fingerprint density at radius 1 is 1.42 bits per heavy atom. The number of carboxylic acids is 1. The minimum absolute atomic E-state index is 0.102. The number of carboxylic acid groups (broad SMARTS) is 1. The molecule has 0 bridgehead atoms. The number of carbonyl (C=O) groups is 2. The maximum atomic E-state index is 12.0. The van der Waals surface area contributed by atoms with Gasteiger partial charge in [-0.25, -0.2) is 0 Å². The van der Waals surface area contributed by atoms with Crippen LogP contribution in [0.25, 0.3) is 0 Å². The van der Waals surface area contributed by atoms with Gasteiger partial charge in [0.25, 0.3) is 0 Å². The highest BCUT2D eigenvalue weighted by molar-refractivity contribution is 5.89. The van der Waals surface area contributed by atoms with Crippen LogP contribution in [0.5, 0.6) is 5.75 Å². The second-order valence-electron chi connectivity index (χ2n) is 4.83. The van der Waals surface area contributed by atoms with Crippen molar-refractivity contribution in [2.24, 2.45) is 11.8 Å². The van der Waals surface area contributed by atoms with Crippen LogP contribution in [0.1, 0.15) is 12.0 Å². The van der Waals surface area contributed by atoms with Gasteiger partial charge in [-0.05, 0) is 24.1 Å². The molecule has 0 radical (unpaired) electrons. The third-order valence-electron chi connectivity index (χ3n) is 3.35. The SMILES string of the molecule is COc1cccc(CN(C)C(=O)[C@@H]2C[C@@H]2C(=O)O)c1. The van der Waals surface area contributed by atoms with Gasteiger partial charge in [-0.1, -0.05) is 12.1 Å². The fourth-order valence-electron chi connectivity index (χ4n) is 2.15. The van der Waals surface area contributed by atoms with Gasteiger partial charge in [-0.15, -0.1) is 0 Å². The van der Waals surface area contributed by atoms with E-state index in [9.17, 15) is 9.59 Å². The number of methoxy groups -OCH3 is 1. The number of hydrogen-bond donors (Lipinski definition) is 1. The second-order valence-corrected chi connectivity index (χ2v) is 4.83. The maximum absolute atomic E-state index is 12.0. The number of ether oxygens (including phenoxy) is 1. The van der Waals surface area contributed by atoms with Crippen LogP contribution in [-0.2, 0) is 16.1 Å². The van der Waals surface area contributed by atoms with Crippen molar-refractivity contribution in [1.29, 1.82) is 0 Å². The van der Waals surface area contributed by atoms with Crippen LogP contribution in [0.3, 0.4) is 0 Å². The van der Waals surface area contributed by atoms with Crippen molar-refractivity contribution in [3.63, 3.8) is 0 Å². The monoisotopic (exact) mass is 263 g/mol. The Labute approximate surface area is 111 Å². The summed E-state index contributed by atoms with van der Waals surface area (Å²) >= 11 is 0. The molecule has 1 aliphatic carbocycles. The number of benzene rings is 1. The molecule has 5 heteroatoms. The Kier molecular flexibility index (Phi) is 3.74. The number of aliphatic carboxylic acids is 1. The lowest BCUT2D eigenvalue weighted by Crippen LogP contribution is -2.28. The molecular formula is C14H17NO4. The van der Waals surface area contributed by atoms with Gasteiger partial charge in [-0.2, -0.15) is 0 Å². The summed E-state index contributed by atoms with van der Waals surface area (Å²) in [7, 11) is 3.29. The number of carbonyl (C=O) groups excluding carboxylic acids is 1. The van der Waals surface area contributed by atoms with E-state index in [0.29, 0.717) is 13.0 Å². The minimum Gasteiger partial charge on any atom is -0.497 e. The van der Waals surface area contributed by atoms with E-state index >= 15 is 0 Å². The Morgan fingerprint density at radius 2 is 2.16 bits per heavy atom. The normalized spacial score (nSPS) is 20.7. The largest absolute Gasteiger partial charge is 0.497 e. The fourth-order valence-corrected chi connectivity index (χ4v) is 2.15. The molecule has 1 saturated carbocycles. The molecule has 1 aromatic rings. The summed E-state index contributed by atoms with van der Waals surface area (Å²) in [6.07, 6.45) is 0.455. The van der Waals surface area contributed by atoms with E-state index in [1.165, 1.54) is 0 Å². The van der Waals surface area contributed by atoms with Gasteiger partial charge < -0.3 is 14.7 Å². The minimum atomic E-state index is -0.881. The van der Waals surface area contributed by atoms with Crippen LogP contribution in [0.4, 0.5) is 0 Å². The molecule has 5 nitrogen and oxygen atoms in total. The first-order valence-corrected chi connectivity index (χ1v) is 6.13. The highest BCUT2D eigenvalue weighted by Crippen LogP contribution is 2.40. The lowest BCUT2D eigenvalue weighted by atomic mass is 10.2. The van der Waals surface area contributed by atoms with Gasteiger partial charge in [0.05, 0.1) is 18.9 Å². The van der Waals surface area contributed by atoms with Gasteiger partial charge in [0.2, 0.25) is 5.91 Å². The van der Waals surface area contributed by atoms with Crippen LogP contribution in [0, 0.1) is 11.8 Å². The van der Waals surface area contributed by atoms with Crippen LogP contribution < -0.4 is 4.74 Å². The molecule has 0 aromatic heterocycles. The predicted molar refractivity (Wildman–Crippen MR) is 68.7 cm³/mol. The first kappa shape index (κ1) is 13.4. The summed E-state index contributed by atoms with van der Waals surface area (Å²) in [6.45, 7) is 0.457. The number of rotatable bonds is 5. The molecule has 19 heavy (non-hydrogen) atoms. The fraction of sp³-hybridized carbons (Fsp3) is 0.429. The van der Waals surface area contributed by atoms with Crippen molar-refractivity contribution in [3.05, 3.63) is 29.8 Å². The van der Waals surface area contributed by atoms with Crippen LogP contribution >= 0.6 is 0 Å². The quantitative estimate of drug-likeness (QED) is 0.871. The first-order valence-electron chi connectivity index (χ1n) is 6.13.